The van der Waals surface area contributed by atoms with E-state index in [9.17, 15) is 4.79 Å². The molecular weight excluding hydrogens is 230 g/mol. The number of rotatable bonds is 8. The van der Waals surface area contributed by atoms with Gasteiger partial charge in [0, 0.05) is 17.9 Å². The molecule has 0 unspecified atom stereocenters. The Kier molecular flexibility index (Phi) is 6.97. The number of thioether (sulfide) groups is 1. The lowest BCUT2D eigenvalue weighted by atomic mass is 10.2. The number of carbonyl (C=O) groups excluding carboxylic acids is 1. The molecule has 0 aliphatic heterocycles. The molecule has 0 atom stereocenters. The van der Waals surface area contributed by atoms with E-state index in [2.05, 4.69) is 36.5 Å². The number of hydrogen-bond donors (Lipinski definition) is 1. The van der Waals surface area contributed by atoms with Crippen molar-refractivity contribution in [3.63, 3.8) is 0 Å². The summed E-state index contributed by atoms with van der Waals surface area (Å²) >= 11 is 1.86. The molecule has 0 heterocycles. The van der Waals surface area contributed by atoms with Crippen LogP contribution in [0.15, 0.2) is 29.2 Å². The summed E-state index contributed by atoms with van der Waals surface area (Å²) < 4.78 is 0. The summed E-state index contributed by atoms with van der Waals surface area (Å²) in [6.07, 6.45) is 1.61. The first-order valence-electron chi connectivity index (χ1n) is 6.14. The fraction of sp³-hybridized carbons (Fsp3) is 0.500. The monoisotopic (exact) mass is 251 g/mol. The minimum absolute atomic E-state index is 0.271. The lowest BCUT2D eigenvalue weighted by Crippen LogP contribution is -2.15. The van der Waals surface area contributed by atoms with E-state index in [0.717, 1.165) is 25.3 Å². The smallest absolute Gasteiger partial charge is 0.129 e. The highest BCUT2D eigenvalue weighted by Crippen LogP contribution is 2.17. The first-order valence-corrected chi connectivity index (χ1v) is 7.13. The second-order valence-corrected chi connectivity index (χ2v) is 5.40. The molecule has 0 aliphatic carbocycles. The lowest BCUT2D eigenvalue weighted by molar-refractivity contribution is -0.117. The summed E-state index contributed by atoms with van der Waals surface area (Å²) in [6.45, 7) is 5.60. The van der Waals surface area contributed by atoms with Crippen molar-refractivity contribution < 1.29 is 4.79 Å². The Morgan fingerprint density at radius 3 is 2.59 bits per heavy atom. The summed E-state index contributed by atoms with van der Waals surface area (Å²) in [5, 5.41) is 3.35. The van der Waals surface area contributed by atoms with E-state index in [1.165, 1.54) is 10.5 Å². The summed E-state index contributed by atoms with van der Waals surface area (Å²) in [4.78, 5) is 12.1. The average Bonchev–Trinajstić information content (AvgIpc) is 2.31. The molecule has 0 saturated heterocycles. The largest absolute Gasteiger partial charge is 0.313 e. The molecular formula is C14H21NOS. The van der Waals surface area contributed by atoms with Gasteiger partial charge in [-0.3, -0.25) is 0 Å². The minimum Gasteiger partial charge on any atom is -0.313 e. The van der Waals surface area contributed by atoms with E-state index in [1.54, 1.807) is 6.92 Å². The highest BCUT2D eigenvalue weighted by molar-refractivity contribution is 7.99. The Labute approximate surface area is 108 Å². The van der Waals surface area contributed by atoms with E-state index in [0.29, 0.717) is 6.42 Å². The predicted octanol–water partition coefficient (Wildman–Crippen LogP) is 3.26. The molecule has 1 N–H and O–H groups in total. The van der Waals surface area contributed by atoms with Crippen LogP contribution in [0, 0.1) is 0 Å². The van der Waals surface area contributed by atoms with Gasteiger partial charge in [0.1, 0.15) is 5.78 Å². The Balaban J connectivity index is 2.20. The number of Topliss-reactive ketones (excluding diaryl/α,β-unsaturated/α-hetero) is 1. The van der Waals surface area contributed by atoms with Crippen molar-refractivity contribution in [2.45, 2.75) is 38.1 Å². The third kappa shape index (κ3) is 6.49. The Morgan fingerprint density at radius 2 is 2.00 bits per heavy atom. The number of nitrogens with one attached hydrogen (secondary N) is 1. The third-order valence-electron chi connectivity index (χ3n) is 2.45. The maximum Gasteiger partial charge on any atom is 0.129 e. The summed E-state index contributed by atoms with van der Waals surface area (Å²) in [5.41, 5.74) is 1.30. The summed E-state index contributed by atoms with van der Waals surface area (Å²) in [6, 6.07) is 8.66. The maximum absolute atomic E-state index is 10.7. The van der Waals surface area contributed by atoms with Crippen molar-refractivity contribution in [1.82, 2.24) is 5.32 Å². The molecule has 94 valence electrons. The zero-order valence-electron chi connectivity index (χ0n) is 10.7. The van der Waals surface area contributed by atoms with Gasteiger partial charge in [0.05, 0.1) is 0 Å². The summed E-state index contributed by atoms with van der Waals surface area (Å²) in [5.74, 6) is 1.38. The van der Waals surface area contributed by atoms with Gasteiger partial charge in [-0.15, -0.1) is 11.8 Å². The van der Waals surface area contributed by atoms with E-state index >= 15 is 0 Å². The van der Waals surface area contributed by atoms with Crippen molar-refractivity contribution in [2.75, 3.05) is 12.3 Å². The summed E-state index contributed by atoms with van der Waals surface area (Å²) in [7, 11) is 0. The normalized spacial score (nSPS) is 10.5. The quantitative estimate of drug-likeness (QED) is 0.568. The van der Waals surface area contributed by atoms with Gasteiger partial charge in [0.2, 0.25) is 0 Å². The Hall–Kier alpha value is -0.800. The molecule has 0 spiro atoms. The minimum atomic E-state index is 0.271. The van der Waals surface area contributed by atoms with Gasteiger partial charge in [-0.1, -0.05) is 19.1 Å². The highest BCUT2D eigenvalue weighted by Gasteiger charge is 1.96. The topological polar surface area (TPSA) is 29.1 Å². The Bertz CT molecular complexity index is 335. The van der Waals surface area contributed by atoms with Crippen LogP contribution in [-0.2, 0) is 11.3 Å². The van der Waals surface area contributed by atoms with E-state index in [4.69, 9.17) is 0 Å². The van der Waals surface area contributed by atoms with Gasteiger partial charge in [-0.2, -0.15) is 0 Å². The first kappa shape index (κ1) is 14.3. The third-order valence-corrected chi connectivity index (χ3v) is 3.34. The molecule has 0 aromatic heterocycles. The second kappa shape index (κ2) is 8.31. The number of benzene rings is 1. The molecule has 0 aliphatic rings. The fourth-order valence-electron chi connectivity index (χ4n) is 1.57. The van der Waals surface area contributed by atoms with Gasteiger partial charge in [0.15, 0.2) is 0 Å². The van der Waals surface area contributed by atoms with Gasteiger partial charge in [0.25, 0.3) is 0 Å². The second-order valence-electron chi connectivity index (χ2n) is 4.06. The van der Waals surface area contributed by atoms with Gasteiger partial charge in [-0.25, -0.2) is 0 Å². The Morgan fingerprint density at radius 1 is 1.29 bits per heavy atom. The van der Waals surface area contributed by atoms with E-state index in [-0.39, 0.29) is 5.78 Å². The molecule has 3 heteroatoms. The molecule has 0 saturated carbocycles. The van der Waals surface area contributed by atoms with Crippen LogP contribution in [-0.4, -0.2) is 18.1 Å². The van der Waals surface area contributed by atoms with Crippen molar-refractivity contribution in [3.8, 4) is 0 Å². The molecule has 0 bridgehead atoms. The molecule has 1 aromatic carbocycles. The molecule has 17 heavy (non-hydrogen) atoms. The van der Waals surface area contributed by atoms with Crippen molar-refractivity contribution in [2.24, 2.45) is 0 Å². The standard InChI is InChI=1S/C14H21NOS/c1-3-17-14-8-6-13(7-9-14)11-15-10-4-5-12(2)16/h6-9,15H,3-5,10-11H2,1-2H3. The van der Waals surface area contributed by atoms with E-state index in [1.807, 2.05) is 11.8 Å². The first-order chi connectivity index (χ1) is 8.22. The fourth-order valence-corrected chi connectivity index (χ4v) is 2.23. The van der Waals surface area contributed by atoms with Crippen LogP contribution in [0.3, 0.4) is 0 Å². The molecule has 2 nitrogen and oxygen atoms in total. The molecule has 0 radical (unpaired) electrons. The van der Waals surface area contributed by atoms with Crippen molar-refractivity contribution in [1.29, 1.82) is 0 Å². The maximum atomic E-state index is 10.7. The molecule has 0 fully saturated rings. The molecule has 0 amide bonds. The van der Waals surface area contributed by atoms with Crippen LogP contribution in [0.5, 0.6) is 0 Å². The number of ketones is 1. The SMILES string of the molecule is CCSc1ccc(CNCCCC(C)=O)cc1. The van der Waals surface area contributed by atoms with Crippen LogP contribution in [0.4, 0.5) is 0 Å². The average molecular weight is 251 g/mol. The lowest BCUT2D eigenvalue weighted by Gasteiger charge is -2.05. The molecule has 1 aromatic rings. The van der Waals surface area contributed by atoms with Crippen LogP contribution in [0.2, 0.25) is 0 Å². The van der Waals surface area contributed by atoms with Crippen LogP contribution < -0.4 is 5.32 Å². The van der Waals surface area contributed by atoms with Crippen LogP contribution >= 0.6 is 11.8 Å². The zero-order valence-corrected chi connectivity index (χ0v) is 11.5. The molecule has 1 rings (SSSR count). The van der Waals surface area contributed by atoms with E-state index < -0.39 is 0 Å². The predicted molar refractivity (Wildman–Crippen MR) is 74.5 cm³/mol. The number of hydrogen-bond acceptors (Lipinski definition) is 3. The van der Waals surface area contributed by atoms with Gasteiger partial charge < -0.3 is 10.1 Å². The van der Waals surface area contributed by atoms with Crippen LogP contribution in [0.1, 0.15) is 32.3 Å². The number of carbonyl (C=O) groups is 1. The van der Waals surface area contributed by atoms with Crippen LogP contribution in [0.25, 0.3) is 0 Å². The zero-order chi connectivity index (χ0) is 12.5. The highest BCUT2D eigenvalue weighted by atomic mass is 32.2. The van der Waals surface area contributed by atoms with Crippen molar-refractivity contribution in [3.05, 3.63) is 29.8 Å². The van der Waals surface area contributed by atoms with Crippen molar-refractivity contribution >= 4 is 17.5 Å². The van der Waals surface area contributed by atoms with Gasteiger partial charge in [-0.05, 0) is 43.3 Å². The van der Waals surface area contributed by atoms with Gasteiger partial charge >= 0.3 is 0 Å².